The molecule has 0 atom stereocenters. The van der Waals surface area contributed by atoms with E-state index in [0.29, 0.717) is 23.0 Å². The standard InChI is InChI=1S/C51H44BN2O4/c1-5-32-30-53-48(38(32)7-3)44-29-45(49-39(8-4)33(6-2)31-54-49)56-52(55-44)57-50-42(34-19-11-9-12-20-34)27-36-23-15-17-25-40(36)46(50)47-41-26-18-16-24-37(41)28-43(51(47)58-52)35-21-13-10-14-22-35/h9-31,53H,5-8H2,1-4H3/q-1. The third kappa shape index (κ3) is 5.75. The van der Waals surface area contributed by atoms with Gasteiger partial charge in [-0.1, -0.05) is 137 Å². The molecule has 0 saturated carbocycles. The average Bonchev–Trinajstić information content (AvgIpc) is 3.87. The van der Waals surface area contributed by atoms with Crippen LogP contribution in [0.2, 0.25) is 0 Å². The van der Waals surface area contributed by atoms with E-state index in [1.54, 1.807) is 0 Å². The van der Waals surface area contributed by atoms with Gasteiger partial charge in [-0.2, -0.15) is 0 Å². The van der Waals surface area contributed by atoms with Crippen LogP contribution < -0.4 is 9.31 Å². The largest absolute Gasteiger partial charge is 0.777 e. The lowest BCUT2D eigenvalue weighted by Crippen LogP contribution is -2.55. The number of allylic oxidation sites excluding steroid dienone is 3. The second kappa shape index (κ2) is 14.3. The van der Waals surface area contributed by atoms with Gasteiger partial charge < -0.3 is 23.6 Å². The monoisotopic (exact) mass is 759 g/mol. The molecule has 1 aromatic heterocycles. The van der Waals surface area contributed by atoms with Crippen molar-refractivity contribution in [2.75, 3.05) is 0 Å². The van der Waals surface area contributed by atoms with E-state index < -0.39 is 6.96 Å². The summed E-state index contributed by atoms with van der Waals surface area (Å²) in [6, 6.07) is 42.2. The van der Waals surface area contributed by atoms with E-state index in [1.165, 1.54) is 16.7 Å². The third-order valence-corrected chi connectivity index (χ3v) is 11.8. The van der Waals surface area contributed by atoms with Gasteiger partial charge in [-0.3, -0.25) is 4.99 Å². The molecule has 10 rings (SSSR count). The Bertz CT molecular complexity index is 2760. The van der Waals surface area contributed by atoms with Crippen LogP contribution in [0.3, 0.4) is 0 Å². The first kappa shape index (κ1) is 35.7. The van der Waals surface area contributed by atoms with Gasteiger partial charge in [0.1, 0.15) is 17.2 Å². The highest BCUT2D eigenvalue weighted by Crippen LogP contribution is 2.56. The second-order valence-corrected chi connectivity index (χ2v) is 15.0. The first-order chi connectivity index (χ1) is 28.5. The molecule has 4 heterocycles. The molecular weight excluding hydrogens is 715 g/mol. The van der Waals surface area contributed by atoms with E-state index in [-0.39, 0.29) is 0 Å². The maximum absolute atomic E-state index is 7.51. The number of aromatic nitrogens is 1. The number of benzene rings is 6. The molecule has 0 saturated heterocycles. The molecule has 7 heteroatoms. The molecule has 0 unspecified atom stereocenters. The Kier molecular flexibility index (Phi) is 8.82. The highest BCUT2D eigenvalue weighted by atomic mass is 16.9. The highest BCUT2D eigenvalue weighted by molar-refractivity contribution is 6.58. The van der Waals surface area contributed by atoms with Crippen LogP contribution in [0, 0.1) is 0 Å². The van der Waals surface area contributed by atoms with Crippen molar-refractivity contribution in [1.29, 1.82) is 0 Å². The molecule has 0 fully saturated rings. The average molecular weight is 760 g/mol. The SMILES string of the molecule is CCC1=C(CC)C(=C2C=C(c3[nH]cc(CC)c3CC)O[B-]3(O2)Oc2c(-c4ccccc4)cc4ccccc4c2-c2c(c(-c4ccccc4)cc4ccccc24)O3)N=C1. The minimum atomic E-state index is -3.13. The highest BCUT2D eigenvalue weighted by Gasteiger charge is 2.50. The van der Waals surface area contributed by atoms with Crippen molar-refractivity contribution in [2.24, 2.45) is 4.99 Å². The van der Waals surface area contributed by atoms with E-state index in [1.807, 2.05) is 24.4 Å². The molecule has 0 aliphatic carbocycles. The molecule has 58 heavy (non-hydrogen) atoms. The summed E-state index contributed by atoms with van der Waals surface area (Å²) in [5.74, 6) is 2.37. The first-order valence-corrected chi connectivity index (χ1v) is 20.6. The molecule has 0 radical (unpaired) electrons. The molecule has 6 nitrogen and oxygen atoms in total. The van der Waals surface area contributed by atoms with Crippen LogP contribution in [-0.2, 0) is 22.2 Å². The van der Waals surface area contributed by atoms with Gasteiger partial charge in [-0.15, -0.1) is 0 Å². The molecule has 7 aromatic rings. The van der Waals surface area contributed by atoms with Crippen LogP contribution in [-0.4, -0.2) is 18.2 Å². The van der Waals surface area contributed by atoms with Crippen LogP contribution >= 0.6 is 0 Å². The maximum atomic E-state index is 7.51. The molecule has 286 valence electrons. The predicted molar refractivity (Wildman–Crippen MR) is 238 cm³/mol. The van der Waals surface area contributed by atoms with Gasteiger partial charge in [0, 0.05) is 40.7 Å². The van der Waals surface area contributed by atoms with E-state index in [4.69, 9.17) is 23.6 Å². The summed E-state index contributed by atoms with van der Waals surface area (Å²) in [6.45, 7) is 5.56. The number of nitrogens with zero attached hydrogens (tertiary/aromatic N) is 1. The molecule has 0 bridgehead atoms. The van der Waals surface area contributed by atoms with Crippen molar-refractivity contribution in [1.82, 2.24) is 4.98 Å². The van der Waals surface area contributed by atoms with Crippen molar-refractivity contribution in [3.63, 3.8) is 0 Å². The summed E-state index contributed by atoms with van der Waals surface area (Å²) >= 11 is 0. The summed E-state index contributed by atoms with van der Waals surface area (Å²) in [7, 11) is 0. The fourth-order valence-electron chi connectivity index (χ4n) is 9.04. The molecule has 0 amide bonds. The van der Waals surface area contributed by atoms with E-state index in [2.05, 4.69) is 148 Å². The minimum absolute atomic E-state index is 0.543. The van der Waals surface area contributed by atoms with Crippen molar-refractivity contribution in [3.8, 4) is 44.9 Å². The number of aromatic amines is 1. The Morgan fingerprint density at radius 1 is 0.586 bits per heavy atom. The predicted octanol–water partition coefficient (Wildman–Crippen LogP) is 13.2. The van der Waals surface area contributed by atoms with Gasteiger partial charge in [-0.05, 0) is 92.8 Å². The van der Waals surface area contributed by atoms with E-state index in [0.717, 1.165) is 97.6 Å². The fourth-order valence-corrected chi connectivity index (χ4v) is 9.04. The summed E-state index contributed by atoms with van der Waals surface area (Å²) in [4.78, 5) is 8.58. The lowest BCUT2D eigenvalue weighted by Gasteiger charge is -2.45. The Hall–Kier alpha value is -6.73. The zero-order chi connectivity index (χ0) is 39.4. The van der Waals surface area contributed by atoms with Crippen molar-refractivity contribution >= 4 is 40.5 Å². The number of rotatable bonds is 7. The zero-order valence-corrected chi connectivity index (χ0v) is 33.3. The van der Waals surface area contributed by atoms with Gasteiger partial charge in [0.2, 0.25) is 0 Å². The number of aliphatic imine (C=N–C) groups is 1. The van der Waals surface area contributed by atoms with E-state index >= 15 is 0 Å². The minimum Gasteiger partial charge on any atom is -0.610 e. The number of nitrogens with one attached hydrogen (secondary N) is 1. The number of H-pyrrole nitrogens is 1. The summed E-state index contributed by atoms with van der Waals surface area (Å²) in [6.07, 6.45) is 9.36. The van der Waals surface area contributed by atoms with E-state index in [9.17, 15) is 0 Å². The first-order valence-electron chi connectivity index (χ1n) is 20.6. The molecule has 1 spiro atoms. The third-order valence-electron chi connectivity index (χ3n) is 11.8. The van der Waals surface area contributed by atoms with Gasteiger partial charge >= 0.3 is 6.96 Å². The Labute approximate surface area is 339 Å². The lowest BCUT2D eigenvalue weighted by molar-refractivity contribution is 0.109. The van der Waals surface area contributed by atoms with Crippen molar-refractivity contribution in [3.05, 3.63) is 173 Å². The molecule has 3 aliphatic rings. The molecule has 3 aliphatic heterocycles. The Balaban J connectivity index is 1.34. The Morgan fingerprint density at radius 2 is 1.16 bits per heavy atom. The summed E-state index contributed by atoms with van der Waals surface area (Å²) in [5, 5.41) is 4.23. The molecule has 6 aromatic carbocycles. The van der Waals surface area contributed by atoms with Crippen LogP contribution in [0.1, 0.15) is 57.4 Å². The molecular formula is C51H44BN2O4-. The zero-order valence-electron chi connectivity index (χ0n) is 33.3. The van der Waals surface area contributed by atoms with Crippen molar-refractivity contribution < 1.29 is 18.6 Å². The quantitative estimate of drug-likeness (QED) is 0.164. The Morgan fingerprint density at radius 3 is 1.69 bits per heavy atom. The lowest BCUT2D eigenvalue weighted by atomic mass is 9.86. The van der Waals surface area contributed by atoms with Gasteiger partial charge in [-0.25, -0.2) is 0 Å². The van der Waals surface area contributed by atoms with Crippen LogP contribution in [0.4, 0.5) is 0 Å². The van der Waals surface area contributed by atoms with Crippen LogP contribution in [0.5, 0.6) is 11.5 Å². The molecule has 1 N–H and O–H groups in total. The second-order valence-electron chi connectivity index (χ2n) is 15.0. The van der Waals surface area contributed by atoms with Gasteiger partial charge in [0.25, 0.3) is 0 Å². The number of hydrogen-bond donors (Lipinski definition) is 1. The maximum Gasteiger partial charge on any atom is 0.777 e. The summed E-state index contributed by atoms with van der Waals surface area (Å²) in [5.41, 5.74) is 12.0. The summed E-state index contributed by atoms with van der Waals surface area (Å²) < 4.78 is 29.5. The number of fused-ring (bicyclic) bond motifs is 7. The normalized spacial score (nSPS) is 16.7. The smallest absolute Gasteiger partial charge is 0.610 e. The number of aryl methyl sites for hydroxylation is 1. The van der Waals surface area contributed by atoms with Gasteiger partial charge in [0.15, 0.2) is 0 Å². The fraction of sp³-hybridized carbons (Fsp3) is 0.157. The van der Waals surface area contributed by atoms with Gasteiger partial charge in [0.05, 0.1) is 17.2 Å². The van der Waals surface area contributed by atoms with Crippen LogP contribution in [0.25, 0.3) is 60.7 Å². The van der Waals surface area contributed by atoms with Crippen LogP contribution in [0.15, 0.2) is 161 Å². The topological polar surface area (TPSA) is 65.1 Å². The van der Waals surface area contributed by atoms with Crippen molar-refractivity contribution in [2.45, 2.75) is 53.4 Å². The number of hydrogen-bond acceptors (Lipinski definition) is 5.